The summed E-state index contributed by atoms with van der Waals surface area (Å²) < 4.78 is 65.0. The van der Waals surface area contributed by atoms with Crippen LogP contribution in [-0.2, 0) is 18.9 Å². The number of carbonyl (C=O) groups is 1. The normalized spacial score (nSPS) is 11.5. The van der Waals surface area contributed by atoms with Crippen LogP contribution in [0, 0.1) is 0 Å². The molecule has 0 aliphatic rings. The van der Waals surface area contributed by atoms with Crippen molar-refractivity contribution < 1.29 is 56.6 Å². The van der Waals surface area contributed by atoms with Gasteiger partial charge in [0.1, 0.15) is 45.8 Å². The van der Waals surface area contributed by atoms with E-state index in [0.29, 0.717) is 75.3 Å². The summed E-state index contributed by atoms with van der Waals surface area (Å²) >= 11 is 0. The number of methoxy groups -OCH3 is 7. The van der Waals surface area contributed by atoms with Gasteiger partial charge in [-0.05, 0) is 81.8 Å². The molecule has 5 aromatic rings. The van der Waals surface area contributed by atoms with E-state index in [2.05, 4.69) is 41.5 Å². The first-order valence-corrected chi connectivity index (χ1v) is 23.5. The number of rotatable bonds is 23. The molecule has 12 nitrogen and oxygen atoms in total. The summed E-state index contributed by atoms with van der Waals surface area (Å²) in [7, 11) is 8.54. The van der Waals surface area contributed by atoms with Gasteiger partial charge in [-0.15, -0.1) is 0 Å². The van der Waals surface area contributed by atoms with E-state index in [1.807, 2.05) is 78.9 Å². The monoisotopic (exact) mass is 896 g/mol. The van der Waals surface area contributed by atoms with Gasteiger partial charge in [-0.3, -0.25) is 0 Å². The maximum Gasteiger partial charge on any atom is 0.341 e. The topological polar surface area (TPSA) is 119 Å². The molecule has 0 saturated carbocycles. The molecule has 0 spiro atoms. The highest BCUT2D eigenvalue weighted by Crippen LogP contribution is 2.57. The Morgan fingerprint density at radius 2 is 0.891 bits per heavy atom. The Kier molecular flexibility index (Phi) is 17.5. The summed E-state index contributed by atoms with van der Waals surface area (Å²) in [6.07, 6.45) is 0. The fourth-order valence-corrected chi connectivity index (χ4v) is 13.9. The van der Waals surface area contributed by atoms with Crippen molar-refractivity contribution in [1.82, 2.24) is 0 Å². The predicted molar refractivity (Wildman–Crippen MR) is 253 cm³/mol. The minimum absolute atomic E-state index is 0.0685. The lowest BCUT2D eigenvalue weighted by Crippen LogP contribution is -2.50. The average molecular weight is 897 g/mol. The number of ether oxygens (including phenoxy) is 10. The van der Waals surface area contributed by atoms with Gasteiger partial charge in [0.05, 0.1) is 59.9 Å². The summed E-state index contributed by atoms with van der Waals surface area (Å²) in [5, 5.41) is 0. The number of esters is 1. The van der Waals surface area contributed by atoms with Crippen molar-refractivity contribution in [3.8, 4) is 84.8 Å². The average Bonchev–Trinajstić information content (AvgIpc) is 3.31. The summed E-state index contributed by atoms with van der Waals surface area (Å²) in [5.74, 6) is 2.90. The second-order valence-electron chi connectivity index (χ2n) is 16.0. The molecule has 0 bridgehead atoms. The first kappa shape index (κ1) is 49.3. The Bertz CT molecular complexity index is 2270. The minimum Gasteiger partial charge on any atom is -0.543 e. The molecule has 0 aromatic heterocycles. The van der Waals surface area contributed by atoms with Crippen LogP contribution in [0.1, 0.15) is 51.9 Å². The molecule has 0 radical (unpaired) electrons. The molecule has 344 valence electrons. The Balaban J connectivity index is 1.84. The van der Waals surface area contributed by atoms with Crippen molar-refractivity contribution in [2.45, 2.75) is 58.2 Å². The lowest BCUT2D eigenvalue weighted by molar-refractivity contribution is -0.00846. The highest BCUT2D eigenvalue weighted by atomic mass is 28.4. The molecule has 0 N–H and O–H groups in total. The van der Waals surface area contributed by atoms with E-state index >= 15 is 0 Å². The van der Waals surface area contributed by atoms with E-state index in [4.69, 9.17) is 51.8 Å². The van der Waals surface area contributed by atoms with Crippen LogP contribution < -0.4 is 32.8 Å². The van der Waals surface area contributed by atoms with E-state index in [1.54, 1.807) is 41.6 Å². The van der Waals surface area contributed by atoms with Crippen LogP contribution in [0.3, 0.4) is 0 Å². The van der Waals surface area contributed by atoms with Crippen LogP contribution in [0.2, 0.25) is 16.6 Å². The lowest BCUT2D eigenvalue weighted by atomic mass is 9.87. The van der Waals surface area contributed by atoms with Crippen molar-refractivity contribution in [2.24, 2.45) is 0 Å². The zero-order valence-electron chi connectivity index (χ0n) is 39.5. The molecule has 64 heavy (non-hydrogen) atoms. The summed E-state index contributed by atoms with van der Waals surface area (Å²) in [4.78, 5) is 13.8. The number of hydrogen-bond acceptors (Lipinski definition) is 12. The van der Waals surface area contributed by atoms with Gasteiger partial charge in [-0.25, -0.2) is 4.79 Å². The molecule has 0 amide bonds. The van der Waals surface area contributed by atoms with Crippen LogP contribution in [0.25, 0.3) is 44.5 Å². The molecule has 0 unspecified atom stereocenters. The molecule has 0 atom stereocenters. The minimum atomic E-state index is -2.25. The van der Waals surface area contributed by atoms with Gasteiger partial charge in [0.2, 0.25) is 0 Å². The summed E-state index contributed by atoms with van der Waals surface area (Å²) in [5.41, 5.74) is 6.68. The molecule has 0 aliphatic carbocycles. The fourth-order valence-electron chi connectivity index (χ4n) is 8.66. The van der Waals surface area contributed by atoms with Crippen LogP contribution in [-0.4, -0.2) is 90.9 Å². The van der Waals surface area contributed by atoms with Gasteiger partial charge in [0.15, 0.2) is 13.6 Å². The zero-order valence-corrected chi connectivity index (χ0v) is 40.5. The highest BCUT2D eigenvalue weighted by Gasteiger charge is 2.47. The summed E-state index contributed by atoms with van der Waals surface area (Å²) in [6.45, 7) is 14.7. The third-order valence-corrected chi connectivity index (χ3v) is 17.5. The van der Waals surface area contributed by atoms with Gasteiger partial charge in [0, 0.05) is 30.9 Å². The van der Waals surface area contributed by atoms with Gasteiger partial charge in [0.25, 0.3) is 8.32 Å². The standard InChI is InChI=1S/C51H64O12Si/c1-32(2)64(33(3)4,34(5)6)63-40-24-18-37(19-25-40)42-28-41(35-16-22-39(23-17-35)62-31-60-27-26-53-7)47(55-9)45(48(42)56-10)46-49(57-11)43(29-44(50(46)58-12)51(52)59-13)36-14-20-38(21-15-36)61-30-54-8/h14-25,28-29,32-34H,26-27,30-31H2,1-13H3. The SMILES string of the molecule is COCCOCOc1ccc(-c2cc(-c3ccc(O[Si](C(C)C)(C(C)C)C(C)C)cc3)c(OC)c(-c3c(OC)c(C(=O)OC)cc(-c4ccc(OCOC)cc4)c3OC)c2OC)cc1. The fraction of sp³-hybridized carbons (Fsp3) is 0.392. The van der Waals surface area contributed by atoms with Crippen LogP contribution in [0.15, 0.2) is 84.9 Å². The zero-order chi connectivity index (χ0) is 46.6. The van der Waals surface area contributed by atoms with Crippen LogP contribution in [0.4, 0.5) is 0 Å². The number of hydrogen-bond donors (Lipinski definition) is 0. The quantitative estimate of drug-likeness (QED) is 0.0269. The third-order valence-electron chi connectivity index (χ3n) is 11.5. The van der Waals surface area contributed by atoms with E-state index in [0.717, 1.165) is 33.6 Å². The Labute approximate surface area is 379 Å². The second kappa shape index (κ2) is 22.8. The highest BCUT2D eigenvalue weighted by molar-refractivity contribution is 6.78. The van der Waals surface area contributed by atoms with Crippen molar-refractivity contribution >= 4 is 14.3 Å². The van der Waals surface area contributed by atoms with E-state index in [9.17, 15) is 4.79 Å². The Morgan fingerprint density at radius 1 is 0.484 bits per heavy atom. The van der Waals surface area contributed by atoms with Crippen LogP contribution in [0.5, 0.6) is 40.2 Å². The molecule has 0 aliphatic heterocycles. The van der Waals surface area contributed by atoms with Crippen molar-refractivity contribution in [3.63, 3.8) is 0 Å². The molecule has 13 heteroatoms. The maximum absolute atomic E-state index is 13.8. The third kappa shape index (κ3) is 10.4. The van der Waals surface area contributed by atoms with E-state index in [1.165, 1.54) is 14.2 Å². The molecule has 0 heterocycles. The molecule has 0 saturated heterocycles. The largest absolute Gasteiger partial charge is 0.543 e. The van der Waals surface area contributed by atoms with Gasteiger partial charge >= 0.3 is 5.97 Å². The van der Waals surface area contributed by atoms with E-state index < -0.39 is 14.3 Å². The second-order valence-corrected chi connectivity index (χ2v) is 21.4. The maximum atomic E-state index is 13.8. The predicted octanol–water partition coefficient (Wildman–Crippen LogP) is 11.7. The molecule has 5 aromatic carbocycles. The summed E-state index contributed by atoms with van der Waals surface area (Å²) in [6, 6.07) is 26.9. The van der Waals surface area contributed by atoms with Gasteiger partial charge in [-0.1, -0.05) is 77.9 Å². The van der Waals surface area contributed by atoms with Gasteiger partial charge < -0.3 is 51.8 Å². The molecular formula is C51H64O12Si. The first-order valence-electron chi connectivity index (χ1n) is 21.3. The first-order chi connectivity index (χ1) is 30.8. The smallest absolute Gasteiger partial charge is 0.341 e. The van der Waals surface area contributed by atoms with E-state index in [-0.39, 0.29) is 24.9 Å². The molecular weight excluding hydrogens is 833 g/mol. The lowest BCUT2D eigenvalue weighted by Gasteiger charge is -2.42. The Hall–Kier alpha value is -5.73. The molecule has 0 fully saturated rings. The molecule has 5 rings (SSSR count). The van der Waals surface area contributed by atoms with Crippen molar-refractivity contribution in [2.75, 3.05) is 76.6 Å². The Morgan fingerprint density at radius 3 is 1.28 bits per heavy atom. The van der Waals surface area contributed by atoms with Crippen LogP contribution >= 0.6 is 0 Å². The number of benzene rings is 5. The van der Waals surface area contributed by atoms with Crippen molar-refractivity contribution in [3.05, 3.63) is 90.5 Å². The number of carbonyl (C=O) groups excluding carboxylic acids is 1. The van der Waals surface area contributed by atoms with Crippen molar-refractivity contribution in [1.29, 1.82) is 0 Å². The van der Waals surface area contributed by atoms with Gasteiger partial charge in [-0.2, -0.15) is 0 Å².